The van der Waals surface area contributed by atoms with Crippen molar-refractivity contribution < 1.29 is 19.1 Å². The summed E-state index contributed by atoms with van der Waals surface area (Å²) in [7, 11) is 0. The molecule has 0 aliphatic rings. The Morgan fingerprint density at radius 2 is 2.08 bits per heavy atom. The molecule has 0 bridgehead atoms. The Bertz CT molecular complexity index is 903. The Morgan fingerprint density at radius 3 is 2.79 bits per heavy atom. The number of carboxylic acids is 1. The molecule has 122 valence electrons. The number of carbonyl (C=O) groups excluding carboxylic acids is 1. The summed E-state index contributed by atoms with van der Waals surface area (Å²) in [6, 6.07) is 10.5. The normalized spacial score (nSPS) is 10.5. The van der Waals surface area contributed by atoms with Crippen LogP contribution in [-0.2, 0) is 11.3 Å². The molecule has 6 nitrogen and oxygen atoms in total. The van der Waals surface area contributed by atoms with Gasteiger partial charge in [-0.25, -0.2) is 9.18 Å². The van der Waals surface area contributed by atoms with Crippen molar-refractivity contribution in [3.63, 3.8) is 0 Å². The minimum atomic E-state index is -0.986. The number of thiophene rings is 1. The second kappa shape index (κ2) is 6.63. The SMILES string of the molecule is O=C(Cn1ccc(-c2ccc(C(=O)O)s2)n1)Nc1cccc(F)c1. The van der Waals surface area contributed by atoms with Gasteiger partial charge in [-0.2, -0.15) is 5.10 Å². The van der Waals surface area contributed by atoms with Crippen molar-refractivity contribution in [1.82, 2.24) is 9.78 Å². The van der Waals surface area contributed by atoms with Gasteiger partial charge in [-0.15, -0.1) is 11.3 Å². The summed E-state index contributed by atoms with van der Waals surface area (Å²) < 4.78 is 14.5. The minimum absolute atomic E-state index is 0.0341. The van der Waals surface area contributed by atoms with Gasteiger partial charge in [0.05, 0.1) is 4.88 Å². The van der Waals surface area contributed by atoms with Crippen LogP contribution in [0.4, 0.5) is 10.1 Å². The van der Waals surface area contributed by atoms with Crippen LogP contribution in [0.5, 0.6) is 0 Å². The minimum Gasteiger partial charge on any atom is -0.477 e. The molecule has 2 N–H and O–H groups in total. The van der Waals surface area contributed by atoms with Crippen LogP contribution in [0.2, 0.25) is 0 Å². The number of carboxylic acid groups (broad SMARTS) is 1. The van der Waals surface area contributed by atoms with Crippen molar-refractivity contribution in [2.45, 2.75) is 6.54 Å². The third-order valence-corrected chi connectivity index (χ3v) is 4.22. The number of amides is 1. The van der Waals surface area contributed by atoms with Crippen LogP contribution in [0.15, 0.2) is 48.7 Å². The zero-order valence-electron chi connectivity index (χ0n) is 12.3. The molecule has 0 saturated carbocycles. The molecule has 0 fully saturated rings. The molecule has 0 unspecified atom stereocenters. The Kier molecular flexibility index (Phi) is 4.39. The molecular weight excluding hydrogens is 333 g/mol. The molecule has 8 heteroatoms. The highest BCUT2D eigenvalue weighted by molar-refractivity contribution is 7.17. The molecule has 3 aromatic rings. The Labute approximate surface area is 140 Å². The topological polar surface area (TPSA) is 84.2 Å². The van der Waals surface area contributed by atoms with Crippen LogP contribution < -0.4 is 5.32 Å². The van der Waals surface area contributed by atoms with E-state index in [0.29, 0.717) is 16.3 Å². The molecule has 2 aromatic heterocycles. The number of anilines is 1. The molecular formula is C16H12FN3O3S. The van der Waals surface area contributed by atoms with Crippen LogP contribution in [0.3, 0.4) is 0 Å². The lowest BCUT2D eigenvalue weighted by Gasteiger charge is -2.05. The number of hydrogen-bond donors (Lipinski definition) is 2. The summed E-state index contributed by atoms with van der Waals surface area (Å²) >= 11 is 1.11. The molecule has 0 saturated heterocycles. The average molecular weight is 345 g/mol. The molecule has 2 heterocycles. The first-order chi connectivity index (χ1) is 11.5. The molecule has 0 atom stereocenters. The molecule has 3 rings (SSSR count). The summed E-state index contributed by atoms with van der Waals surface area (Å²) in [5.74, 6) is -1.76. The van der Waals surface area contributed by atoms with Crippen molar-refractivity contribution in [1.29, 1.82) is 0 Å². The maximum Gasteiger partial charge on any atom is 0.345 e. The van der Waals surface area contributed by atoms with Crippen molar-refractivity contribution in [3.05, 3.63) is 59.4 Å². The lowest BCUT2D eigenvalue weighted by Crippen LogP contribution is -2.19. The van der Waals surface area contributed by atoms with Gasteiger partial charge in [0.1, 0.15) is 22.9 Å². The van der Waals surface area contributed by atoms with Crippen LogP contribution in [0, 0.1) is 5.82 Å². The number of aromatic carboxylic acids is 1. The predicted molar refractivity (Wildman–Crippen MR) is 87.5 cm³/mol. The van der Waals surface area contributed by atoms with E-state index in [0.717, 1.165) is 11.3 Å². The third kappa shape index (κ3) is 3.66. The van der Waals surface area contributed by atoms with Gasteiger partial charge in [0.25, 0.3) is 0 Å². The maximum absolute atomic E-state index is 13.1. The summed E-state index contributed by atoms with van der Waals surface area (Å²) in [6.07, 6.45) is 1.63. The highest BCUT2D eigenvalue weighted by atomic mass is 32.1. The monoisotopic (exact) mass is 345 g/mol. The van der Waals surface area contributed by atoms with Crippen molar-refractivity contribution in [3.8, 4) is 10.6 Å². The van der Waals surface area contributed by atoms with E-state index in [4.69, 9.17) is 5.11 Å². The number of aromatic nitrogens is 2. The van der Waals surface area contributed by atoms with Gasteiger partial charge >= 0.3 is 5.97 Å². The van der Waals surface area contributed by atoms with E-state index in [1.807, 2.05) is 0 Å². The zero-order chi connectivity index (χ0) is 17.1. The molecule has 0 aliphatic carbocycles. The largest absolute Gasteiger partial charge is 0.477 e. The van der Waals surface area contributed by atoms with E-state index in [9.17, 15) is 14.0 Å². The van der Waals surface area contributed by atoms with Crippen molar-refractivity contribution >= 4 is 28.9 Å². The Morgan fingerprint density at radius 1 is 1.25 bits per heavy atom. The number of rotatable bonds is 5. The van der Waals surface area contributed by atoms with Gasteiger partial charge in [-0.1, -0.05) is 6.07 Å². The van der Waals surface area contributed by atoms with E-state index in [-0.39, 0.29) is 17.3 Å². The zero-order valence-corrected chi connectivity index (χ0v) is 13.1. The molecule has 0 aliphatic heterocycles. The van der Waals surface area contributed by atoms with Crippen LogP contribution >= 0.6 is 11.3 Å². The van der Waals surface area contributed by atoms with E-state index in [2.05, 4.69) is 10.4 Å². The molecule has 0 spiro atoms. The standard InChI is InChI=1S/C16H12FN3O3S/c17-10-2-1-3-11(8-10)18-15(21)9-20-7-6-12(19-20)13-4-5-14(24-13)16(22)23/h1-8H,9H2,(H,18,21)(H,22,23). The smallest absolute Gasteiger partial charge is 0.345 e. The first-order valence-corrected chi connectivity index (χ1v) is 7.75. The van der Waals surface area contributed by atoms with E-state index in [1.54, 1.807) is 24.4 Å². The lowest BCUT2D eigenvalue weighted by molar-refractivity contribution is -0.116. The average Bonchev–Trinajstić information content (AvgIpc) is 3.15. The highest BCUT2D eigenvalue weighted by Crippen LogP contribution is 2.26. The summed E-state index contributed by atoms with van der Waals surface area (Å²) in [4.78, 5) is 23.8. The fourth-order valence-corrected chi connectivity index (χ4v) is 2.90. The Hall–Kier alpha value is -3.00. The van der Waals surface area contributed by atoms with E-state index >= 15 is 0 Å². The highest BCUT2D eigenvalue weighted by Gasteiger charge is 2.11. The first-order valence-electron chi connectivity index (χ1n) is 6.93. The van der Waals surface area contributed by atoms with Gasteiger partial charge in [0, 0.05) is 11.9 Å². The van der Waals surface area contributed by atoms with Crippen LogP contribution in [0.25, 0.3) is 10.6 Å². The quantitative estimate of drug-likeness (QED) is 0.744. The fourth-order valence-electron chi connectivity index (χ4n) is 2.09. The van der Waals surface area contributed by atoms with Gasteiger partial charge in [-0.05, 0) is 36.4 Å². The lowest BCUT2D eigenvalue weighted by atomic mass is 10.3. The summed E-state index contributed by atoms with van der Waals surface area (Å²) in [5.41, 5.74) is 0.961. The van der Waals surface area contributed by atoms with E-state index < -0.39 is 11.8 Å². The molecule has 0 radical (unpaired) electrons. The predicted octanol–water partition coefficient (Wildman–Crippen LogP) is 3.09. The van der Waals surface area contributed by atoms with E-state index in [1.165, 1.54) is 28.9 Å². The Balaban J connectivity index is 1.67. The van der Waals surface area contributed by atoms with Gasteiger partial charge in [0.15, 0.2) is 0 Å². The van der Waals surface area contributed by atoms with Gasteiger partial charge in [-0.3, -0.25) is 9.48 Å². The maximum atomic E-state index is 13.1. The van der Waals surface area contributed by atoms with Gasteiger partial charge < -0.3 is 10.4 Å². The number of nitrogens with zero attached hydrogens (tertiary/aromatic N) is 2. The van der Waals surface area contributed by atoms with Gasteiger partial charge in [0.2, 0.25) is 5.91 Å². The first kappa shape index (κ1) is 15.9. The number of halogens is 1. The number of benzene rings is 1. The fraction of sp³-hybridized carbons (Fsp3) is 0.0625. The van der Waals surface area contributed by atoms with Crippen molar-refractivity contribution in [2.24, 2.45) is 0 Å². The summed E-state index contributed by atoms with van der Waals surface area (Å²) in [6.45, 7) is -0.0341. The molecule has 1 aromatic carbocycles. The second-order valence-electron chi connectivity index (χ2n) is 4.93. The second-order valence-corrected chi connectivity index (χ2v) is 6.01. The number of hydrogen-bond acceptors (Lipinski definition) is 4. The number of carbonyl (C=O) groups is 2. The van der Waals surface area contributed by atoms with Crippen LogP contribution in [-0.4, -0.2) is 26.8 Å². The molecule has 1 amide bonds. The summed E-state index contributed by atoms with van der Waals surface area (Å²) in [5, 5.41) is 15.8. The number of nitrogens with one attached hydrogen (secondary N) is 1. The van der Waals surface area contributed by atoms with Crippen LogP contribution in [0.1, 0.15) is 9.67 Å². The van der Waals surface area contributed by atoms with Crippen molar-refractivity contribution in [2.75, 3.05) is 5.32 Å². The molecule has 24 heavy (non-hydrogen) atoms. The third-order valence-electron chi connectivity index (χ3n) is 3.12.